The first-order valence-corrected chi connectivity index (χ1v) is 11.7. The number of rotatable bonds is 10. The quantitative estimate of drug-likeness (QED) is 0.228. The van der Waals surface area contributed by atoms with Gasteiger partial charge in [0.25, 0.3) is 0 Å². The van der Waals surface area contributed by atoms with Crippen molar-refractivity contribution >= 4 is 17.5 Å². The lowest BCUT2D eigenvalue weighted by molar-refractivity contribution is 0.102. The number of ketones is 1. The van der Waals surface area contributed by atoms with Crippen LogP contribution < -0.4 is 9.47 Å². The molecule has 34 heavy (non-hydrogen) atoms. The fourth-order valence-electron chi connectivity index (χ4n) is 3.55. The molecule has 1 aromatic heterocycles. The second-order valence-electron chi connectivity index (χ2n) is 7.45. The van der Waals surface area contributed by atoms with Crippen molar-refractivity contribution in [3.8, 4) is 22.9 Å². The highest BCUT2D eigenvalue weighted by Crippen LogP contribution is 2.30. The Hall–Kier alpha value is -3.65. The summed E-state index contributed by atoms with van der Waals surface area (Å²) in [6.45, 7) is 0.549. The van der Waals surface area contributed by atoms with Crippen LogP contribution >= 0.6 is 11.8 Å². The topological polar surface area (TPSA) is 66.2 Å². The lowest BCUT2D eigenvalue weighted by Crippen LogP contribution is -2.08. The van der Waals surface area contributed by atoms with Gasteiger partial charge in [-0.25, -0.2) is 4.39 Å². The monoisotopic (exact) mass is 477 g/mol. The van der Waals surface area contributed by atoms with Gasteiger partial charge in [0.2, 0.25) is 0 Å². The number of hydrogen-bond donors (Lipinski definition) is 0. The predicted octanol–water partition coefficient (Wildman–Crippen LogP) is 5.32. The summed E-state index contributed by atoms with van der Waals surface area (Å²) in [6, 6.07) is 21.6. The number of carbonyl (C=O) groups excluding carboxylic acids is 1. The average Bonchev–Trinajstić information content (AvgIpc) is 3.28. The zero-order valence-corrected chi connectivity index (χ0v) is 19.7. The Kier molecular flexibility index (Phi) is 7.59. The second kappa shape index (κ2) is 11.0. The van der Waals surface area contributed by atoms with Gasteiger partial charge in [0, 0.05) is 12.1 Å². The van der Waals surface area contributed by atoms with E-state index in [1.54, 1.807) is 43.5 Å². The van der Waals surface area contributed by atoms with Crippen LogP contribution in [0.25, 0.3) is 11.4 Å². The van der Waals surface area contributed by atoms with Gasteiger partial charge in [-0.2, -0.15) is 0 Å². The van der Waals surface area contributed by atoms with Crippen LogP contribution in [-0.2, 0) is 13.0 Å². The van der Waals surface area contributed by atoms with Gasteiger partial charge >= 0.3 is 0 Å². The molecule has 0 bridgehead atoms. The van der Waals surface area contributed by atoms with E-state index in [1.165, 1.54) is 24.9 Å². The van der Waals surface area contributed by atoms with Crippen LogP contribution in [0.5, 0.6) is 11.5 Å². The number of halogens is 1. The normalized spacial score (nSPS) is 10.8. The van der Waals surface area contributed by atoms with Crippen molar-refractivity contribution in [2.45, 2.75) is 18.1 Å². The Bertz CT molecular complexity index is 1280. The Labute approximate surface area is 201 Å². The van der Waals surface area contributed by atoms with Gasteiger partial charge in [-0.1, -0.05) is 54.2 Å². The first-order chi connectivity index (χ1) is 16.6. The van der Waals surface area contributed by atoms with Crippen molar-refractivity contribution in [3.63, 3.8) is 0 Å². The molecule has 4 aromatic rings. The molecule has 0 atom stereocenters. The smallest absolute Gasteiger partial charge is 0.191 e. The molecule has 0 aliphatic heterocycles. The number of methoxy groups -OCH3 is 2. The fourth-order valence-corrected chi connectivity index (χ4v) is 4.41. The summed E-state index contributed by atoms with van der Waals surface area (Å²) in [5.41, 5.74) is 2.03. The number of carbonyl (C=O) groups is 1. The van der Waals surface area contributed by atoms with Gasteiger partial charge in [-0.15, -0.1) is 10.2 Å². The van der Waals surface area contributed by atoms with Crippen molar-refractivity contribution in [2.75, 3.05) is 20.0 Å². The standard InChI is InChI=1S/C26H24FN3O3S/c1-32-23-13-12-19(16-24(23)33-2)22(31)17-34-26-29-28-25(20-10-6-7-11-21(20)27)30(26)15-14-18-8-4-3-5-9-18/h3-13,16H,14-15,17H2,1-2H3. The number of benzene rings is 3. The molecule has 0 aliphatic rings. The average molecular weight is 478 g/mol. The molecule has 0 unspecified atom stereocenters. The first kappa shape index (κ1) is 23.5. The zero-order chi connectivity index (χ0) is 23.9. The number of thioether (sulfide) groups is 1. The van der Waals surface area contributed by atoms with Crippen LogP contribution in [0.2, 0.25) is 0 Å². The largest absolute Gasteiger partial charge is 0.493 e. The molecule has 8 heteroatoms. The van der Waals surface area contributed by atoms with Gasteiger partial charge in [-0.3, -0.25) is 4.79 Å². The van der Waals surface area contributed by atoms with E-state index < -0.39 is 0 Å². The highest BCUT2D eigenvalue weighted by atomic mass is 32.2. The Morgan fingerprint density at radius 2 is 1.68 bits per heavy atom. The second-order valence-corrected chi connectivity index (χ2v) is 8.40. The lowest BCUT2D eigenvalue weighted by atomic mass is 10.1. The molecule has 0 saturated heterocycles. The maximum Gasteiger partial charge on any atom is 0.191 e. The molecule has 0 amide bonds. The van der Waals surface area contributed by atoms with Crippen LogP contribution in [0.1, 0.15) is 15.9 Å². The third kappa shape index (κ3) is 5.28. The highest BCUT2D eigenvalue weighted by Gasteiger charge is 2.19. The van der Waals surface area contributed by atoms with Crippen LogP contribution in [0.15, 0.2) is 78.0 Å². The number of nitrogens with zero attached hydrogens (tertiary/aromatic N) is 3. The minimum atomic E-state index is -0.367. The van der Waals surface area contributed by atoms with Crippen molar-refractivity contribution in [3.05, 3.63) is 89.7 Å². The van der Waals surface area contributed by atoms with Crippen molar-refractivity contribution in [2.24, 2.45) is 0 Å². The highest BCUT2D eigenvalue weighted by molar-refractivity contribution is 7.99. The molecule has 0 N–H and O–H groups in total. The number of ether oxygens (including phenoxy) is 2. The molecule has 0 radical (unpaired) electrons. The third-order valence-corrected chi connectivity index (χ3v) is 6.30. The minimum Gasteiger partial charge on any atom is -0.493 e. The minimum absolute atomic E-state index is 0.0870. The van der Waals surface area contributed by atoms with Gasteiger partial charge in [-0.05, 0) is 42.3 Å². The fraction of sp³-hybridized carbons (Fsp3) is 0.192. The molecule has 1 heterocycles. The molecule has 0 aliphatic carbocycles. The zero-order valence-electron chi connectivity index (χ0n) is 18.9. The van der Waals surface area contributed by atoms with E-state index in [-0.39, 0.29) is 17.4 Å². The van der Waals surface area contributed by atoms with E-state index >= 15 is 0 Å². The van der Waals surface area contributed by atoms with E-state index in [1.807, 2.05) is 34.9 Å². The molecule has 174 valence electrons. The van der Waals surface area contributed by atoms with E-state index in [2.05, 4.69) is 10.2 Å². The number of hydrogen-bond acceptors (Lipinski definition) is 6. The summed E-state index contributed by atoms with van der Waals surface area (Å²) in [6.07, 6.45) is 0.720. The molecule has 0 fully saturated rings. The summed E-state index contributed by atoms with van der Waals surface area (Å²) in [5, 5.41) is 9.11. The van der Waals surface area contributed by atoms with Crippen LogP contribution in [0.4, 0.5) is 4.39 Å². The molecule has 3 aromatic carbocycles. The van der Waals surface area contributed by atoms with Crippen molar-refractivity contribution in [1.82, 2.24) is 14.8 Å². The molecule has 4 rings (SSSR count). The van der Waals surface area contributed by atoms with Crippen LogP contribution in [0, 0.1) is 5.82 Å². The number of aromatic nitrogens is 3. The SMILES string of the molecule is COc1ccc(C(=O)CSc2nnc(-c3ccccc3F)n2CCc2ccccc2)cc1OC. The summed E-state index contributed by atoms with van der Waals surface area (Å²) in [7, 11) is 3.07. The first-order valence-electron chi connectivity index (χ1n) is 10.7. The molecular weight excluding hydrogens is 453 g/mol. The maximum absolute atomic E-state index is 14.5. The van der Waals surface area contributed by atoms with Gasteiger partial charge in [0.1, 0.15) is 5.82 Å². The van der Waals surface area contributed by atoms with E-state index in [0.29, 0.717) is 40.2 Å². The van der Waals surface area contributed by atoms with Gasteiger partial charge in [0.05, 0.1) is 25.5 Å². The van der Waals surface area contributed by atoms with Crippen molar-refractivity contribution < 1.29 is 18.7 Å². The predicted molar refractivity (Wildman–Crippen MR) is 130 cm³/mol. The molecular formula is C26H24FN3O3S. The Balaban J connectivity index is 1.57. The van der Waals surface area contributed by atoms with Gasteiger partial charge in [0.15, 0.2) is 28.3 Å². The Morgan fingerprint density at radius 1 is 0.941 bits per heavy atom. The summed E-state index contributed by atoms with van der Waals surface area (Å²) in [4.78, 5) is 12.9. The molecule has 0 spiro atoms. The van der Waals surface area contributed by atoms with Crippen LogP contribution in [0.3, 0.4) is 0 Å². The number of Topliss-reactive ketones (excluding diaryl/α,β-unsaturated/α-hetero) is 1. The lowest BCUT2D eigenvalue weighted by Gasteiger charge is -2.11. The molecule has 6 nitrogen and oxygen atoms in total. The maximum atomic E-state index is 14.5. The van der Waals surface area contributed by atoms with E-state index in [4.69, 9.17) is 9.47 Å². The van der Waals surface area contributed by atoms with E-state index in [9.17, 15) is 9.18 Å². The summed E-state index contributed by atoms with van der Waals surface area (Å²) < 4.78 is 26.9. The summed E-state index contributed by atoms with van der Waals surface area (Å²) >= 11 is 1.28. The number of aryl methyl sites for hydroxylation is 1. The van der Waals surface area contributed by atoms with Crippen molar-refractivity contribution in [1.29, 1.82) is 0 Å². The third-order valence-electron chi connectivity index (χ3n) is 5.34. The summed E-state index contributed by atoms with van der Waals surface area (Å²) in [5.74, 6) is 1.18. The molecule has 0 saturated carbocycles. The van der Waals surface area contributed by atoms with Crippen LogP contribution in [-0.4, -0.2) is 40.5 Å². The Morgan fingerprint density at radius 3 is 2.41 bits per heavy atom. The van der Waals surface area contributed by atoms with Gasteiger partial charge < -0.3 is 14.0 Å². The van der Waals surface area contributed by atoms with E-state index in [0.717, 1.165) is 12.0 Å².